The molecule has 2 rings (SSSR count). The number of rotatable bonds is 4. The molecule has 0 spiro atoms. The first-order valence-electron chi connectivity index (χ1n) is 6.66. The highest BCUT2D eigenvalue weighted by Crippen LogP contribution is 2.31. The summed E-state index contributed by atoms with van der Waals surface area (Å²) in [5.74, 6) is 0.576. The predicted molar refractivity (Wildman–Crippen MR) is 82.1 cm³/mol. The number of carbonyl (C=O) groups excluding carboxylic acids is 1. The molecule has 3 nitrogen and oxygen atoms in total. The summed E-state index contributed by atoms with van der Waals surface area (Å²) in [6.45, 7) is 6.85. The van der Waals surface area contributed by atoms with Crippen molar-refractivity contribution >= 4 is 28.4 Å². The van der Waals surface area contributed by atoms with Crippen LogP contribution in [0.25, 0.3) is 0 Å². The van der Waals surface area contributed by atoms with Gasteiger partial charge in [0.15, 0.2) is 0 Å². The molecule has 1 aliphatic rings. The molecule has 102 valence electrons. The third-order valence-electron chi connectivity index (χ3n) is 2.95. The minimum Gasteiger partial charge on any atom is -0.355 e. The Bertz CT molecular complexity index is 497. The number of hydrogen-bond acceptors (Lipinski definition) is 3. The topological polar surface area (TPSA) is 41.5 Å². The highest BCUT2D eigenvalue weighted by molar-refractivity contribution is 8.15. The summed E-state index contributed by atoms with van der Waals surface area (Å²) in [6.07, 6.45) is 0.850. The van der Waals surface area contributed by atoms with Crippen LogP contribution in [0, 0.1) is 5.92 Å². The zero-order chi connectivity index (χ0) is 13.8. The Kier molecular flexibility index (Phi) is 4.64. The highest BCUT2D eigenvalue weighted by Gasteiger charge is 2.20. The van der Waals surface area contributed by atoms with Crippen LogP contribution in [0.1, 0.15) is 26.3 Å². The molecule has 19 heavy (non-hydrogen) atoms. The Hall–Kier alpha value is -1.29. The van der Waals surface area contributed by atoms with Crippen LogP contribution >= 0.6 is 11.8 Å². The van der Waals surface area contributed by atoms with E-state index in [2.05, 4.69) is 30.2 Å². The molecular formula is C15H20N2OS. The lowest BCUT2D eigenvalue weighted by atomic mass is 10.2. The van der Waals surface area contributed by atoms with Crippen LogP contribution in [0.4, 0.5) is 5.69 Å². The monoisotopic (exact) mass is 276 g/mol. The molecule has 1 heterocycles. The highest BCUT2D eigenvalue weighted by atomic mass is 32.2. The van der Waals surface area contributed by atoms with E-state index in [1.807, 2.05) is 25.1 Å². The van der Waals surface area contributed by atoms with Crippen LogP contribution in [0.3, 0.4) is 0 Å². The normalized spacial score (nSPS) is 15.1. The second kappa shape index (κ2) is 6.24. The van der Waals surface area contributed by atoms with Crippen LogP contribution in [0.15, 0.2) is 29.3 Å². The van der Waals surface area contributed by atoms with E-state index in [-0.39, 0.29) is 11.2 Å². The Labute approximate surface area is 118 Å². The Morgan fingerprint density at radius 1 is 1.37 bits per heavy atom. The molecule has 1 aromatic carbocycles. The summed E-state index contributed by atoms with van der Waals surface area (Å²) in [5.41, 5.74) is 2.29. The van der Waals surface area contributed by atoms with Crippen molar-refractivity contribution in [1.29, 1.82) is 0 Å². The van der Waals surface area contributed by atoms with E-state index in [0.717, 1.165) is 23.7 Å². The molecule has 4 heteroatoms. The van der Waals surface area contributed by atoms with Crippen molar-refractivity contribution in [3.63, 3.8) is 0 Å². The van der Waals surface area contributed by atoms with Gasteiger partial charge in [0.05, 0.1) is 16.0 Å². The molecule has 1 atom stereocenters. The van der Waals surface area contributed by atoms with Gasteiger partial charge in [0.25, 0.3) is 0 Å². The molecule has 1 N–H and O–H groups in total. The first kappa shape index (κ1) is 14.1. The van der Waals surface area contributed by atoms with Gasteiger partial charge in [0.1, 0.15) is 0 Å². The second-order valence-corrected chi connectivity index (χ2v) is 6.62. The zero-order valence-corrected chi connectivity index (χ0v) is 12.5. The Morgan fingerprint density at radius 3 is 2.79 bits per heavy atom. The van der Waals surface area contributed by atoms with E-state index < -0.39 is 0 Å². The number of aliphatic imine (C=N–C) groups is 1. The van der Waals surface area contributed by atoms with Crippen molar-refractivity contribution < 1.29 is 4.79 Å². The molecule has 0 aliphatic carbocycles. The van der Waals surface area contributed by atoms with Gasteiger partial charge in [-0.1, -0.05) is 43.8 Å². The van der Waals surface area contributed by atoms with Crippen LogP contribution < -0.4 is 5.32 Å². The summed E-state index contributed by atoms with van der Waals surface area (Å²) in [4.78, 5) is 16.5. The van der Waals surface area contributed by atoms with Gasteiger partial charge in [-0.25, -0.2) is 4.99 Å². The number of amides is 1. The van der Waals surface area contributed by atoms with E-state index >= 15 is 0 Å². The SMILES string of the molecule is CC(C)CNC(=O)[C@@H](C)SC1=Nc2ccccc2C1. The van der Waals surface area contributed by atoms with Crippen LogP contribution in [-0.2, 0) is 11.2 Å². The molecule has 0 fully saturated rings. The van der Waals surface area contributed by atoms with Gasteiger partial charge in [-0.05, 0) is 24.5 Å². The minimum atomic E-state index is -0.0909. The number of carbonyl (C=O) groups is 1. The van der Waals surface area contributed by atoms with Gasteiger partial charge in [0, 0.05) is 13.0 Å². The fourth-order valence-corrected chi connectivity index (χ4v) is 2.87. The summed E-state index contributed by atoms with van der Waals surface area (Å²) < 4.78 is 0. The lowest BCUT2D eigenvalue weighted by molar-refractivity contribution is -0.120. The molecule has 0 radical (unpaired) electrons. The largest absolute Gasteiger partial charge is 0.355 e. The molecular weight excluding hydrogens is 256 g/mol. The van der Waals surface area contributed by atoms with Gasteiger partial charge < -0.3 is 5.32 Å². The van der Waals surface area contributed by atoms with Gasteiger partial charge >= 0.3 is 0 Å². The number of nitrogens with one attached hydrogen (secondary N) is 1. The lowest BCUT2D eigenvalue weighted by Crippen LogP contribution is -2.34. The molecule has 1 amide bonds. The zero-order valence-electron chi connectivity index (χ0n) is 11.6. The van der Waals surface area contributed by atoms with Gasteiger partial charge in [0.2, 0.25) is 5.91 Å². The van der Waals surface area contributed by atoms with Crippen molar-refractivity contribution in [2.24, 2.45) is 10.9 Å². The smallest absolute Gasteiger partial charge is 0.233 e. The summed E-state index contributed by atoms with van der Waals surface area (Å²) >= 11 is 1.56. The second-order valence-electron chi connectivity index (χ2n) is 5.21. The van der Waals surface area contributed by atoms with E-state index in [1.165, 1.54) is 5.56 Å². The molecule has 0 bridgehead atoms. The third-order valence-corrected chi connectivity index (χ3v) is 4.02. The molecule has 0 unspecified atom stereocenters. The van der Waals surface area contributed by atoms with Crippen molar-refractivity contribution in [2.45, 2.75) is 32.4 Å². The first-order valence-corrected chi connectivity index (χ1v) is 7.54. The maximum atomic E-state index is 11.9. The molecule has 0 saturated carbocycles. The standard InChI is InChI=1S/C15H20N2OS/c1-10(2)9-16-15(18)11(3)19-14-8-12-6-4-5-7-13(12)17-14/h4-7,10-11H,8-9H2,1-3H3,(H,16,18)/t11-/m1/s1. The fourth-order valence-electron chi connectivity index (χ4n) is 1.88. The van der Waals surface area contributed by atoms with Gasteiger partial charge in [-0.2, -0.15) is 0 Å². The summed E-state index contributed by atoms with van der Waals surface area (Å²) in [7, 11) is 0. The van der Waals surface area contributed by atoms with Crippen molar-refractivity contribution in [3.8, 4) is 0 Å². The first-order chi connectivity index (χ1) is 9.06. The Balaban J connectivity index is 1.88. The average molecular weight is 276 g/mol. The van der Waals surface area contributed by atoms with Crippen molar-refractivity contribution in [3.05, 3.63) is 29.8 Å². The maximum Gasteiger partial charge on any atom is 0.233 e. The van der Waals surface area contributed by atoms with E-state index in [1.54, 1.807) is 11.8 Å². The average Bonchev–Trinajstić information content (AvgIpc) is 2.77. The van der Waals surface area contributed by atoms with Gasteiger partial charge in [-0.15, -0.1) is 0 Å². The molecule has 0 saturated heterocycles. The third kappa shape index (κ3) is 3.83. The number of thioether (sulfide) groups is 1. The van der Waals surface area contributed by atoms with Crippen LogP contribution in [0.5, 0.6) is 0 Å². The number of nitrogens with zero attached hydrogens (tertiary/aromatic N) is 1. The number of para-hydroxylation sites is 1. The van der Waals surface area contributed by atoms with Crippen LogP contribution in [0.2, 0.25) is 0 Å². The van der Waals surface area contributed by atoms with Gasteiger partial charge in [-0.3, -0.25) is 4.79 Å². The number of fused-ring (bicyclic) bond motifs is 1. The molecule has 1 aliphatic heterocycles. The fraction of sp³-hybridized carbons (Fsp3) is 0.467. The molecule has 0 aromatic heterocycles. The maximum absolute atomic E-state index is 11.9. The predicted octanol–water partition coefficient (Wildman–Crippen LogP) is 3.17. The van der Waals surface area contributed by atoms with Crippen molar-refractivity contribution in [1.82, 2.24) is 5.32 Å². The number of hydrogen-bond donors (Lipinski definition) is 1. The van der Waals surface area contributed by atoms with Crippen molar-refractivity contribution in [2.75, 3.05) is 6.54 Å². The molecule has 1 aromatic rings. The minimum absolute atomic E-state index is 0.0909. The Morgan fingerprint density at radius 2 is 2.11 bits per heavy atom. The lowest BCUT2D eigenvalue weighted by Gasteiger charge is -2.13. The quantitative estimate of drug-likeness (QED) is 0.917. The van der Waals surface area contributed by atoms with E-state index in [9.17, 15) is 4.79 Å². The number of benzene rings is 1. The van der Waals surface area contributed by atoms with E-state index in [4.69, 9.17) is 0 Å². The summed E-state index contributed by atoms with van der Waals surface area (Å²) in [6, 6.07) is 8.14. The summed E-state index contributed by atoms with van der Waals surface area (Å²) in [5, 5.41) is 3.91. The van der Waals surface area contributed by atoms with E-state index in [0.29, 0.717) is 5.92 Å². The van der Waals surface area contributed by atoms with Crippen LogP contribution in [-0.4, -0.2) is 22.7 Å².